The van der Waals surface area contributed by atoms with Gasteiger partial charge in [0.2, 0.25) is 11.8 Å². The van der Waals surface area contributed by atoms with Gasteiger partial charge in [0.05, 0.1) is 7.11 Å². The molecule has 0 aromatic heterocycles. The molecule has 1 unspecified atom stereocenters. The summed E-state index contributed by atoms with van der Waals surface area (Å²) in [7, 11) is 1.55. The van der Waals surface area contributed by atoms with Crippen molar-refractivity contribution < 1.29 is 19.1 Å². The quantitative estimate of drug-likeness (QED) is 0.706. The van der Waals surface area contributed by atoms with Crippen LogP contribution in [0.4, 0.5) is 10.5 Å². The smallest absolute Gasteiger partial charge is 0.319 e. The average molecular weight is 277 g/mol. The first-order valence-corrected chi connectivity index (χ1v) is 6.14. The molecule has 20 heavy (non-hydrogen) atoms. The highest BCUT2D eigenvalue weighted by Crippen LogP contribution is 2.15. The molecule has 1 saturated heterocycles. The minimum Gasteiger partial charge on any atom is -0.497 e. The number of rotatable bonds is 3. The predicted octanol–water partition coefficient (Wildman–Crippen LogP) is 0.622. The van der Waals surface area contributed by atoms with Crippen LogP contribution in [0.15, 0.2) is 24.3 Å². The van der Waals surface area contributed by atoms with Crippen molar-refractivity contribution in [2.75, 3.05) is 12.4 Å². The molecule has 3 N–H and O–H groups in total. The molecular weight excluding hydrogens is 262 g/mol. The SMILES string of the molecule is COc1ccc(NC(=O)NC2CCC(=O)NC2=O)cc1. The molecule has 4 amide bonds. The van der Waals surface area contributed by atoms with Gasteiger partial charge >= 0.3 is 6.03 Å². The second-order valence-corrected chi connectivity index (χ2v) is 4.33. The van der Waals surface area contributed by atoms with Gasteiger partial charge in [0.25, 0.3) is 0 Å². The number of piperidine rings is 1. The van der Waals surface area contributed by atoms with Gasteiger partial charge in [-0.25, -0.2) is 4.79 Å². The zero-order valence-corrected chi connectivity index (χ0v) is 10.9. The summed E-state index contributed by atoms with van der Waals surface area (Å²) in [5, 5.41) is 7.30. The Balaban J connectivity index is 1.88. The Morgan fingerprint density at radius 1 is 1.30 bits per heavy atom. The molecule has 1 aliphatic heterocycles. The molecule has 0 radical (unpaired) electrons. The first-order chi connectivity index (χ1) is 9.58. The highest BCUT2D eigenvalue weighted by atomic mass is 16.5. The molecule has 1 aromatic rings. The number of amides is 4. The van der Waals surface area contributed by atoms with Gasteiger partial charge in [-0.2, -0.15) is 0 Å². The molecule has 0 bridgehead atoms. The van der Waals surface area contributed by atoms with Crippen molar-refractivity contribution in [3.8, 4) is 5.75 Å². The third-order valence-electron chi connectivity index (χ3n) is 2.89. The molecular formula is C13H15N3O4. The van der Waals surface area contributed by atoms with Crippen molar-refractivity contribution in [3.05, 3.63) is 24.3 Å². The summed E-state index contributed by atoms with van der Waals surface area (Å²) in [5.41, 5.74) is 0.579. The number of imide groups is 1. The minimum atomic E-state index is -0.689. The summed E-state index contributed by atoms with van der Waals surface area (Å²) in [5.74, 6) is -0.115. The van der Waals surface area contributed by atoms with E-state index >= 15 is 0 Å². The van der Waals surface area contributed by atoms with Crippen LogP contribution >= 0.6 is 0 Å². The number of ether oxygens (including phenoxy) is 1. The van der Waals surface area contributed by atoms with E-state index in [0.717, 1.165) is 0 Å². The number of carbonyl (C=O) groups is 3. The van der Waals surface area contributed by atoms with Crippen LogP contribution in [0.5, 0.6) is 5.75 Å². The fourth-order valence-corrected chi connectivity index (χ4v) is 1.83. The Kier molecular flexibility index (Phi) is 4.19. The number of carbonyl (C=O) groups excluding carboxylic acids is 3. The molecule has 0 spiro atoms. The van der Waals surface area contributed by atoms with Crippen LogP contribution in [0.1, 0.15) is 12.8 Å². The van der Waals surface area contributed by atoms with Gasteiger partial charge in [-0.15, -0.1) is 0 Å². The molecule has 7 heteroatoms. The summed E-state index contributed by atoms with van der Waals surface area (Å²) in [6.45, 7) is 0. The molecule has 0 aliphatic carbocycles. The summed E-state index contributed by atoms with van der Waals surface area (Å²) < 4.78 is 5.01. The van der Waals surface area contributed by atoms with E-state index in [4.69, 9.17) is 4.74 Å². The number of hydrogen-bond acceptors (Lipinski definition) is 4. The van der Waals surface area contributed by atoms with E-state index in [1.165, 1.54) is 0 Å². The molecule has 1 atom stereocenters. The average Bonchev–Trinajstić information content (AvgIpc) is 2.43. The molecule has 1 fully saturated rings. The number of methoxy groups -OCH3 is 1. The zero-order valence-electron chi connectivity index (χ0n) is 10.9. The van der Waals surface area contributed by atoms with Crippen LogP contribution in [0, 0.1) is 0 Å². The summed E-state index contributed by atoms with van der Waals surface area (Å²) in [6.07, 6.45) is 0.528. The van der Waals surface area contributed by atoms with Gasteiger partial charge in [0.1, 0.15) is 11.8 Å². The summed E-state index contributed by atoms with van der Waals surface area (Å²) in [4.78, 5) is 34.2. The van der Waals surface area contributed by atoms with Gasteiger partial charge in [-0.3, -0.25) is 14.9 Å². The molecule has 0 saturated carbocycles. The number of benzene rings is 1. The fourth-order valence-electron chi connectivity index (χ4n) is 1.83. The van der Waals surface area contributed by atoms with Crippen LogP contribution in [0.2, 0.25) is 0 Å². The van der Waals surface area contributed by atoms with Crippen molar-refractivity contribution in [1.82, 2.24) is 10.6 Å². The van der Waals surface area contributed by atoms with Crippen molar-refractivity contribution in [2.24, 2.45) is 0 Å². The van der Waals surface area contributed by atoms with Gasteiger partial charge in [0.15, 0.2) is 0 Å². The second kappa shape index (κ2) is 6.05. The van der Waals surface area contributed by atoms with Crippen molar-refractivity contribution in [1.29, 1.82) is 0 Å². The van der Waals surface area contributed by atoms with Gasteiger partial charge in [-0.05, 0) is 30.7 Å². The van der Waals surface area contributed by atoms with Crippen molar-refractivity contribution in [3.63, 3.8) is 0 Å². The van der Waals surface area contributed by atoms with Crippen LogP contribution in [0.25, 0.3) is 0 Å². The Morgan fingerprint density at radius 2 is 2.00 bits per heavy atom. The predicted molar refractivity (Wildman–Crippen MR) is 71.3 cm³/mol. The van der Waals surface area contributed by atoms with E-state index in [1.54, 1.807) is 31.4 Å². The summed E-state index contributed by atoms with van der Waals surface area (Å²) >= 11 is 0. The maximum Gasteiger partial charge on any atom is 0.319 e. The van der Waals surface area contributed by atoms with Gasteiger partial charge in [-0.1, -0.05) is 0 Å². The molecule has 1 heterocycles. The highest BCUT2D eigenvalue weighted by molar-refractivity contribution is 6.02. The van der Waals surface area contributed by atoms with E-state index < -0.39 is 18.0 Å². The maximum absolute atomic E-state index is 11.7. The number of anilines is 1. The lowest BCUT2D eigenvalue weighted by atomic mass is 10.1. The first kappa shape index (κ1) is 13.9. The number of hydrogen-bond donors (Lipinski definition) is 3. The largest absolute Gasteiger partial charge is 0.497 e. The van der Waals surface area contributed by atoms with Crippen LogP contribution in [-0.4, -0.2) is 31.0 Å². The van der Waals surface area contributed by atoms with E-state index in [-0.39, 0.29) is 12.3 Å². The molecule has 1 aromatic carbocycles. The lowest BCUT2D eigenvalue weighted by Crippen LogP contribution is -2.53. The van der Waals surface area contributed by atoms with Crippen molar-refractivity contribution >= 4 is 23.5 Å². The molecule has 7 nitrogen and oxygen atoms in total. The third kappa shape index (κ3) is 3.47. The Hall–Kier alpha value is -2.57. The Bertz CT molecular complexity index is 527. The van der Waals surface area contributed by atoms with E-state index in [2.05, 4.69) is 16.0 Å². The molecule has 2 rings (SSSR count). The zero-order chi connectivity index (χ0) is 14.5. The van der Waals surface area contributed by atoms with E-state index in [1.807, 2.05) is 0 Å². The highest BCUT2D eigenvalue weighted by Gasteiger charge is 2.27. The van der Waals surface area contributed by atoms with Gasteiger partial charge in [0, 0.05) is 12.1 Å². The summed E-state index contributed by atoms with van der Waals surface area (Å²) in [6, 6.07) is 5.60. The number of nitrogens with one attached hydrogen (secondary N) is 3. The maximum atomic E-state index is 11.7. The second-order valence-electron chi connectivity index (χ2n) is 4.33. The van der Waals surface area contributed by atoms with Crippen LogP contribution < -0.4 is 20.7 Å². The Morgan fingerprint density at radius 3 is 2.60 bits per heavy atom. The van der Waals surface area contributed by atoms with E-state index in [0.29, 0.717) is 17.9 Å². The lowest BCUT2D eigenvalue weighted by Gasteiger charge is -2.21. The standard InChI is InChI=1S/C13H15N3O4/c1-20-9-4-2-8(3-5-9)14-13(19)15-10-6-7-11(17)16-12(10)18/h2-5,10H,6-7H2,1H3,(H2,14,15,19)(H,16,17,18). The monoisotopic (exact) mass is 277 g/mol. The lowest BCUT2D eigenvalue weighted by molar-refractivity contribution is -0.134. The van der Waals surface area contributed by atoms with Crippen LogP contribution in [0.3, 0.4) is 0 Å². The van der Waals surface area contributed by atoms with Crippen molar-refractivity contribution in [2.45, 2.75) is 18.9 Å². The minimum absolute atomic E-state index is 0.221. The third-order valence-corrected chi connectivity index (χ3v) is 2.89. The van der Waals surface area contributed by atoms with Gasteiger partial charge < -0.3 is 15.4 Å². The fraction of sp³-hybridized carbons (Fsp3) is 0.308. The van der Waals surface area contributed by atoms with E-state index in [9.17, 15) is 14.4 Å². The number of urea groups is 1. The first-order valence-electron chi connectivity index (χ1n) is 6.14. The molecule has 1 aliphatic rings. The topological polar surface area (TPSA) is 96.5 Å². The van der Waals surface area contributed by atoms with Crippen LogP contribution in [-0.2, 0) is 9.59 Å². The Labute approximate surface area is 115 Å². The normalized spacial score (nSPS) is 18.1. The molecule has 106 valence electrons.